The quantitative estimate of drug-likeness (QED) is 0.813. The first-order valence-electron chi connectivity index (χ1n) is 6.12. The van der Waals surface area contributed by atoms with Crippen molar-refractivity contribution in [2.45, 2.75) is 0 Å². The molecule has 0 bridgehead atoms. The Morgan fingerprint density at radius 3 is 2.78 bits per heavy atom. The van der Waals surface area contributed by atoms with Gasteiger partial charge in [0.1, 0.15) is 5.75 Å². The second-order valence-corrected chi connectivity index (χ2v) is 4.15. The third kappa shape index (κ3) is 3.11. The van der Waals surface area contributed by atoms with Crippen molar-refractivity contribution in [3.8, 4) is 5.75 Å². The lowest BCUT2D eigenvalue weighted by molar-refractivity contribution is -0.126. The van der Waals surface area contributed by atoms with Gasteiger partial charge < -0.3 is 15.0 Å². The number of hydrogen-bond donors (Lipinski definition) is 1. The number of nitrogens with zero attached hydrogens (tertiary/aromatic N) is 1. The molecule has 0 radical (unpaired) electrons. The molecule has 0 aliphatic carbocycles. The maximum atomic E-state index is 11.9. The Bertz CT molecular complexity index is 437. The van der Waals surface area contributed by atoms with E-state index in [4.69, 9.17) is 4.74 Å². The average molecular weight is 246 g/mol. The Morgan fingerprint density at radius 1 is 1.33 bits per heavy atom. The highest BCUT2D eigenvalue weighted by atomic mass is 16.5. The Morgan fingerprint density at radius 2 is 2.06 bits per heavy atom. The smallest absolute Gasteiger partial charge is 0.246 e. The second kappa shape index (κ2) is 6.21. The summed E-state index contributed by atoms with van der Waals surface area (Å²) in [6.45, 7) is 3.28. The zero-order valence-corrected chi connectivity index (χ0v) is 10.6. The second-order valence-electron chi connectivity index (χ2n) is 4.15. The van der Waals surface area contributed by atoms with E-state index in [1.165, 1.54) is 0 Å². The van der Waals surface area contributed by atoms with Gasteiger partial charge in [-0.05, 0) is 12.1 Å². The lowest BCUT2D eigenvalue weighted by atomic mass is 10.2. The number of ether oxygens (including phenoxy) is 1. The van der Waals surface area contributed by atoms with Gasteiger partial charge in [-0.25, -0.2) is 0 Å². The van der Waals surface area contributed by atoms with Gasteiger partial charge >= 0.3 is 0 Å². The number of nitrogens with one attached hydrogen (secondary N) is 1. The molecule has 1 heterocycles. The molecular weight excluding hydrogens is 228 g/mol. The van der Waals surface area contributed by atoms with Crippen LogP contribution in [0, 0.1) is 0 Å². The Kier molecular flexibility index (Phi) is 4.36. The molecule has 1 saturated heterocycles. The zero-order valence-electron chi connectivity index (χ0n) is 10.6. The molecule has 0 aromatic heterocycles. The predicted molar refractivity (Wildman–Crippen MR) is 71.5 cm³/mol. The molecule has 1 amide bonds. The minimum Gasteiger partial charge on any atom is -0.496 e. The van der Waals surface area contributed by atoms with Gasteiger partial charge in [0, 0.05) is 37.8 Å². The largest absolute Gasteiger partial charge is 0.496 e. The van der Waals surface area contributed by atoms with E-state index in [9.17, 15) is 4.79 Å². The highest BCUT2D eigenvalue weighted by Crippen LogP contribution is 2.18. The number of methoxy groups -OCH3 is 1. The SMILES string of the molecule is COc1ccccc1C=CC(=O)N1CCNCC1. The molecule has 1 fully saturated rings. The Hall–Kier alpha value is -1.81. The van der Waals surface area contributed by atoms with Crippen molar-refractivity contribution in [1.29, 1.82) is 0 Å². The summed E-state index contributed by atoms with van der Waals surface area (Å²) < 4.78 is 5.24. The number of piperazine rings is 1. The maximum absolute atomic E-state index is 11.9. The van der Waals surface area contributed by atoms with Crippen molar-refractivity contribution in [2.75, 3.05) is 33.3 Å². The number of amides is 1. The molecule has 1 aliphatic rings. The van der Waals surface area contributed by atoms with E-state index in [1.54, 1.807) is 13.2 Å². The first kappa shape index (κ1) is 12.6. The van der Waals surface area contributed by atoms with Gasteiger partial charge in [-0.2, -0.15) is 0 Å². The lowest BCUT2D eigenvalue weighted by Gasteiger charge is -2.26. The zero-order chi connectivity index (χ0) is 12.8. The topological polar surface area (TPSA) is 41.6 Å². The lowest BCUT2D eigenvalue weighted by Crippen LogP contribution is -2.45. The van der Waals surface area contributed by atoms with Crippen LogP contribution in [0.1, 0.15) is 5.56 Å². The van der Waals surface area contributed by atoms with Crippen molar-refractivity contribution in [3.63, 3.8) is 0 Å². The van der Waals surface area contributed by atoms with E-state index in [2.05, 4.69) is 5.32 Å². The van der Waals surface area contributed by atoms with Crippen LogP contribution in [0.2, 0.25) is 0 Å². The predicted octanol–water partition coefficient (Wildman–Crippen LogP) is 1.14. The van der Waals surface area contributed by atoms with Crippen molar-refractivity contribution in [3.05, 3.63) is 35.9 Å². The molecule has 0 atom stereocenters. The summed E-state index contributed by atoms with van der Waals surface area (Å²) in [6.07, 6.45) is 3.42. The molecule has 18 heavy (non-hydrogen) atoms. The van der Waals surface area contributed by atoms with Gasteiger partial charge in [-0.15, -0.1) is 0 Å². The fourth-order valence-corrected chi connectivity index (χ4v) is 1.96. The molecule has 4 heteroatoms. The number of para-hydroxylation sites is 1. The van der Waals surface area contributed by atoms with Crippen LogP contribution in [0.5, 0.6) is 5.75 Å². The molecular formula is C14H18N2O2. The first-order chi connectivity index (χ1) is 8.81. The van der Waals surface area contributed by atoms with Gasteiger partial charge in [0.25, 0.3) is 0 Å². The van der Waals surface area contributed by atoms with Crippen LogP contribution in [0.25, 0.3) is 6.08 Å². The van der Waals surface area contributed by atoms with Crippen molar-refractivity contribution in [2.24, 2.45) is 0 Å². The third-order valence-electron chi connectivity index (χ3n) is 2.97. The first-order valence-corrected chi connectivity index (χ1v) is 6.12. The summed E-state index contributed by atoms with van der Waals surface area (Å²) in [5.74, 6) is 0.837. The molecule has 1 aromatic rings. The molecule has 0 unspecified atom stereocenters. The monoisotopic (exact) mass is 246 g/mol. The maximum Gasteiger partial charge on any atom is 0.246 e. The van der Waals surface area contributed by atoms with Crippen LogP contribution >= 0.6 is 0 Å². The van der Waals surface area contributed by atoms with Crippen LogP contribution in [-0.4, -0.2) is 44.1 Å². The van der Waals surface area contributed by atoms with E-state index in [1.807, 2.05) is 35.2 Å². The molecule has 1 aliphatic heterocycles. The van der Waals surface area contributed by atoms with Crippen LogP contribution < -0.4 is 10.1 Å². The normalized spacial score (nSPS) is 15.9. The van der Waals surface area contributed by atoms with E-state index < -0.39 is 0 Å². The number of hydrogen-bond acceptors (Lipinski definition) is 3. The fourth-order valence-electron chi connectivity index (χ4n) is 1.96. The van der Waals surface area contributed by atoms with Gasteiger partial charge in [0.2, 0.25) is 5.91 Å². The van der Waals surface area contributed by atoms with E-state index in [-0.39, 0.29) is 5.91 Å². The molecule has 0 spiro atoms. The van der Waals surface area contributed by atoms with E-state index in [0.29, 0.717) is 0 Å². The van der Waals surface area contributed by atoms with E-state index in [0.717, 1.165) is 37.5 Å². The minimum absolute atomic E-state index is 0.0578. The number of benzene rings is 1. The highest BCUT2D eigenvalue weighted by molar-refractivity contribution is 5.92. The van der Waals surface area contributed by atoms with Crippen molar-refractivity contribution in [1.82, 2.24) is 10.2 Å². The van der Waals surface area contributed by atoms with Crippen molar-refractivity contribution < 1.29 is 9.53 Å². The van der Waals surface area contributed by atoms with Crippen LogP contribution in [-0.2, 0) is 4.79 Å². The molecule has 96 valence electrons. The molecule has 4 nitrogen and oxygen atoms in total. The van der Waals surface area contributed by atoms with Crippen molar-refractivity contribution >= 4 is 12.0 Å². The summed E-state index contributed by atoms with van der Waals surface area (Å²) in [5, 5.41) is 3.22. The molecule has 2 rings (SSSR count). The van der Waals surface area contributed by atoms with Crippen LogP contribution in [0.3, 0.4) is 0 Å². The average Bonchev–Trinajstić information content (AvgIpc) is 2.46. The summed E-state index contributed by atoms with van der Waals surface area (Å²) in [4.78, 5) is 13.8. The number of carbonyl (C=O) groups excluding carboxylic acids is 1. The van der Waals surface area contributed by atoms with Gasteiger partial charge in [-0.1, -0.05) is 18.2 Å². The fraction of sp³-hybridized carbons (Fsp3) is 0.357. The van der Waals surface area contributed by atoms with Gasteiger partial charge in [-0.3, -0.25) is 4.79 Å². The number of rotatable bonds is 3. The Balaban J connectivity index is 2.03. The summed E-state index contributed by atoms with van der Waals surface area (Å²) in [5.41, 5.74) is 0.920. The molecule has 1 aromatic carbocycles. The third-order valence-corrected chi connectivity index (χ3v) is 2.97. The van der Waals surface area contributed by atoms with Crippen LogP contribution in [0.15, 0.2) is 30.3 Å². The summed E-state index contributed by atoms with van der Waals surface area (Å²) in [7, 11) is 1.63. The standard InChI is InChI=1S/C14H18N2O2/c1-18-13-5-3-2-4-12(13)6-7-14(17)16-10-8-15-9-11-16/h2-7,15H,8-11H2,1H3. The Labute approximate surface area is 107 Å². The van der Waals surface area contributed by atoms with Gasteiger partial charge in [0.15, 0.2) is 0 Å². The van der Waals surface area contributed by atoms with E-state index >= 15 is 0 Å². The summed E-state index contributed by atoms with van der Waals surface area (Å²) in [6, 6.07) is 7.65. The van der Waals surface area contributed by atoms with Gasteiger partial charge in [0.05, 0.1) is 7.11 Å². The number of carbonyl (C=O) groups is 1. The highest BCUT2D eigenvalue weighted by Gasteiger charge is 2.13. The molecule has 1 N–H and O–H groups in total. The minimum atomic E-state index is 0.0578. The summed E-state index contributed by atoms with van der Waals surface area (Å²) >= 11 is 0. The van der Waals surface area contributed by atoms with Crippen LogP contribution in [0.4, 0.5) is 0 Å². The molecule has 0 saturated carbocycles.